The maximum Gasteiger partial charge on any atom is 0.389 e. The maximum absolute atomic E-state index is 12.5. The van der Waals surface area contributed by atoms with Crippen LogP contribution in [0.25, 0.3) is 11.0 Å². The number of alkyl halides is 3. The van der Waals surface area contributed by atoms with Crippen LogP contribution < -0.4 is 0 Å². The molecule has 142 valence electrons. The smallest absolute Gasteiger partial charge is 0.342 e. The highest BCUT2D eigenvalue weighted by atomic mass is 19.4. The number of hydrogen-bond acceptors (Lipinski definition) is 2. The van der Waals surface area contributed by atoms with Crippen LogP contribution in [0, 0.1) is 19.8 Å². The number of amides is 1. The SMILES string of the molecule is Cc1ccc2nc(C)n(C3CCN(C(=O)C(C)CC(F)(F)F)CC3)c2c1. The molecule has 1 fully saturated rings. The molecular weight excluding hydrogens is 343 g/mol. The van der Waals surface area contributed by atoms with Crippen LogP contribution in [-0.2, 0) is 4.79 Å². The van der Waals surface area contributed by atoms with Gasteiger partial charge in [0.1, 0.15) is 5.82 Å². The van der Waals surface area contributed by atoms with Crippen LogP contribution in [0.4, 0.5) is 13.2 Å². The Morgan fingerprint density at radius 3 is 2.54 bits per heavy atom. The number of imidazole rings is 1. The molecule has 7 heteroatoms. The number of aryl methyl sites for hydroxylation is 2. The molecule has 1 amide bonds. The quantitative estimate of drug-likeness (QED) is 0.806. The van der Waals surface area contributed by atoms with Crippen molar-refractivity contribution in [1.29, 1.82) is 0 Å². The molecule has 1 aromatic carbocycles. The number of aromatic nitrogens is 2. The molecule has 1 aliphatic rings. The standard InChI is InChI=1S/C19H24F3N3O/c1-12-4-5-16-17(10-12)25(14(3)23-16)15-6-8-24(9-7-15)18(26)13(2)11-19(20,21)22/h4-5,10,13,15H,6-9,11H2,1-3H3. The van der Waals surface area contributed by atoms with Gasteiger partial charge in [-0.2, -0.15) is 13.2 Å². The predicted octanol–water partition coefficient (Wildman–Crippen LogP) is 4.41. The lowest BCUT2D eigenvalue weighted by Crippen LogP contribution is -2.42. The van der Waals surface area contributed by atoms with E-state index in [0.717, 1.165) is 35.3 Å². The van der Waals surface area contributed by atoms with E-state index in [4.69, 9.17) is 0 Å². The summed E-state index contributed by atoms with van der Waals surface area (Å²) in [6.45, 7) is 6.33. The highest BCUT2D eigenvalue weighted by Gasteiger charge is 2.35. The summed E-state index contributed by atoms with van der Waals surface area (Å²) >= 11 is 0. The molecule has 2 heterocycles. The highest BCUT2D eigenvalue weighted by Crippen LogP contribution is 2.31. The maximum atomic E-state index is 12.5. The van der Waals surface area contributed by atoms with Gasteiger partial charge in [-0.1, -0.05) is 13.0 Å². The molecule has 0 N–H and O–H groups in total. The van der Waals surface area contributed by atoms with Crippen LogP contribution in [0.5, 0.6) is 0 Å². The second-order valence-corrected chi connectivity index (χ2v) is 7.30. The summed E-state index contributed by atoms with van der Waals surface area (Å²) in [6.07, 6.45) is -3.91. The fraction of sp³-hybridized carbons (Fsp3) is 0.579. The van der Waals surface area contributed by atoms with Crippen molar-refractivity contribution in [2.45, 2.75) is 52.3 Å². The summed E-state index contributed by atoms with van der Waals surface area (Å²) < 4.78 is 39.8. The van der Waals surface area contributed by atoms with E-state index >= 15 is 0 Å². The Labute approximate surface area is 151 Å². The zero-order valence-corrected chi connectivity index (χ0v) is 15.3. The van der Waals surface area contributed by atoms with Gasteiger partial charge in [-0.3, -0.25) is 4.79 Å². The van der Waals surface area contributed by atoms with Crippen LogP contribution in [0.2, 0.25) is 0 Å². The van der Waals surface area contributed by atoms with Crippen molar-refractivity contribution in [3.63, 3.8) is 0 Å². The predicted molar refractivity (Wildman–Crippen MR) is 93.9 cm³/mol. The van der Waals surface area contributed by atoms with Crippen molar-refractivity contribution < 1.29 is 18.0 Å². The van der Waals surface area contributed by atoms with Gasteiger partial charge >= 0.3 is 6.18 Å². The number of carbonyl (C=O) groups is 1. The molecule has 2 aromatic rings. The molecule has 1 unspecified atom stereocenters. The average Bonchev–Trinajstić information content (AvgIpc) is 2.88. The first-order chi connectivity index (χ1) is 12.2. The molecule has 1 saturated heterocycles. The van der Waals surface area contributed by atoms with Crippen LogP contribution in [0.1, 0.15) is 43.6 Å². The lowest BCUT2D eigenvalue weighted by atomic mass is 10.0. The van der Waals surface area contributed by atoms with Crippen LogP contribution in [0.3, 0.4) is 0 Å². The first kappa shape index (κ1) is 18.7. The normalized spacial score (nSPS) is 17.7. The first-order valence-corrected chi connectivity index (χ1v) is 8.96. The molecule has 0 spiro atoms. The molecular formula is C19H24F3N3O. The summed E-state index contributed by atoms with van der Waals surface area (Å²) in [5, 5.41) is 0. The number of halogens is 3. The van der Waals surface area contributed by atoms with Gasteiger partial charge in [0.15, 0.2) is 0 Å². The number of piperidine rings is 1. The van der Waals surface area contributed by atoms with Gasteiger partial charge in [0, 0.05) is 25.0 Å². The van der Waals surface area contributed by atoms with Gasteiger partial charge in [0.2, 0.25) is 5.91 Å². The van der Waals surface area contributed by atoms with Gasteiger partial charge in [-0.15, -0.1) is 0 Å². The minimum Gasteiger partial charge on any atom is -0.342 e. The molecule has 3 rings (SSSR count). The van der Waals surface area contributed by atoms with Gasteiger partial charge in [0.25, 0.3) is 0 Å². The van der Waals surface area contributed by atoms with Crippen molar-refractivity contribution in [3.05, 3.63) is 29.6 Å². The Bertz CT molecular complexity index is 804. The van der Waals surface area contributed by atoms with Crippen LogP contribution >= 0.6 is 0 Å². The third-order valence-electron chi connectivity index (χ3n) is 5.12. The average molecular weight is 367 g/mol. The number of rotatable bonds is 3. The summed E-state index contributed by atoms with van der Waals surface area (Å²) in [5.74, 6) is -0.491. The lowest BCUT2D eigenvalue weighted by Gasteiger charge is -2.35. The van der Waals surface area contributed by atoms with E-state index in [1.807, 2.05) is 26.0 Å². The topological polar surface area (TPSA) is 38.1 Å². The zero-order chi connectivity index (χ0) is 19.1. The summed E-state index contributed by atoms with van der Waals surface area (Å²) in [5.41, 5.74) is 3.19. The number of benzene rings is 1. The fourth-order valence-corrected chi connectivity index (χ4v) is 3.87. The number of nitrogens with zero attached hydrogens (tertiary/aromatic N) is 3. The Morgan fingerprint density at radius 2 is 1.92 bits per heavy atom. The Morgan fingerprint density at radius 1 is 1.27 bits per heavy atom. The zero-order valence-electron chi connectivity index (χ0n) is 15.3. The van der Waals surface area contributed by atoms with Crippen molar-refractivity contribution in [2.75, 3.05) is 13.1 Å². The van der Waals surface area contributed by atoms with E-state index in [-0.39, 0.29) is 6.04 Å². The minimum atomic E-state index is -4.31. The minimum absolute atomic E-state index is 0.212. The Kier molecular flexibility index (Phi) is 4.99. The molecule has 1 aromatic heterocycles. The van der Waals surface area contributed by atoms with E-state index < -0.39 is 24.4 Å². The molecule has 0 aliphatic carbocycles. The molecule has 1 atom stereocenters. The first-order valence-electron chi connectivity index (χ1n) is 8.96. The van der Waals surface area contributed by atoms with Gasteiger partial charge in [-0.05, 0) is 44.4 Å². The van der Waals surface area contributed by atoms with Gasteiger partial charge < -0.3 is 9.47 Å². The van der Waals surface area contributed by atoms with E-state index in [1.165, 1.54) is 6.92 Å². The van der Waals surface area contributed by atoms with E-state index in [9.17, 15) is 18.0 Å². The summed E-state index contributed by atoms with van der Waals surface area (Å²) in [4.78, 5) is 18.5. The Balaban J connectivity index is 1.70. The third kappa shape index (κ3) is 3.86. The number of fused-ring (bicyclic) bond motifs is 1. The van der Waals surface area contributed by atoms with Crippen molar-refractivity contribution in [2.24, 2.45) is 5.92 Å². The number of hydrogen-bond donors (Lipinski definition) is 0. The van der Waals surface area contributed by atoms with Crippen LogP contribution in [-0.4, -0.2) is 39.6 Å². The number of carbonyl (C=O) groups excluding carboxylic acids is 1. The summed E-state index contributed by atoms with van der Waals surface area (Å²) in [6, 6.07) is 6.36. The molecule has 0 saturated carbocycles. The second kappa shape index (κ2) is 6.93. The van der Waals surface area contributed by atoms with Crippen molar-refractivity contribution >= 4 is 16.9 Å². The van der Waals surface area contributed by atoms with E-state index in [2.05, 4.69) is 15.6 Å². The second-order valence-electron chi connectivity index (χ2n) is 7.30. The molecule has 0 radical (unpaired) electrons. The highest BCUT2D eigenvalue weighted by molar-refractivity contribution is 5.79. The van der Waals surface area contributed by atoms with Crippen LogP contribution in [0.15, 0.2) is 18.2 Å². The van der Waals surface area contributed by atoms with Gasteiger partial charge in [-0.25, -0.2) is 4.98 Å². The summed E-state index contributed by atoms with van der Waals surface area (Å²) in [7, 11) is 0. The third-order valence-corrected chi connectivity index (χ3v) is 5.12. The molecule has 26 heavy (non-hydrogen) atoms. The monoisotopic (exact) mass is 367 g/mol. The van der Waals surface area contributed by atoms with Crippen molar-refractivity contribution in [3.8, 4) is 0 Å². The molecule has 0 bridgehead atoms. The van der Waals surface area contributed by atoms with Crippen molar-refractivity contribution in [1.82, 2.24) is 14.5 Å². The lowest BCUT2D eigenvalue weighted by molar-refractivity contribution is -0.158. The Hall–Kier alpha value is -2.05. The molecule has 4 nitrogen and oxygen atoms in total. The van der Waals surface area contributed by atoms with Gasteiger partial charge in [0.05, 0.1) is 17.5 Å². The molecule has 1 aliphatic heterocycles. The largest absolute Gasteiger partial charge is 0.389 e. The van der Waals surface area contributed by atoms with E-state index in [1.54, 1.807) is 4.90 Å². The van der Waals surface area contributed by atoms with E-state index in [0.29, 0.717) is 13.1 Å². The fourth-order valence-electron chi connectivity index (χ4n) is 3.87. The number of likely N-dealkylation sites (tertiary alicyclic amines) is 1.